The zero-order valence-corrected chi connectivity index (χ0v) is 10.1. The molecule has 17 heavy (non-hydrogen) atoms. The number of hydrogen-bond acceptors (Lipinski definition) is 5. The molecule has 0 fully saturated rings. The number of nitrogens with zero attached hydrogens (tertiary/aromatic N) is 4. The summed E-state index contributed by atoms with van der Waals surface area (Å²) in [5.74, 6) is 0. The molecule has 6 heteroatoms. The van der Waals surface area contributed by atoms with Crippen LogP contribution in [0.2, 0.25) is 0 Å². The molecule has 0 atom stereocenters. The van der Waals surface area contributed by atoms with E-state index in [2.05, 4.69) is 20.4 Å². The normalized spacial score (nSPS) is 10.9. The minimum Gasteiger partial charge on any atom is -0.356 e. The molecule has 0 aliphatic heterocycles. The number of nitrogens with one attached hydrogen (secondary N) is 1. The molecule has 0 aromatic carbocycles. The summed E-state index contributed by atoms with van der Waals surface area (Å²) in [6, 6.07) is 3.96. The van der Waals surface area contributed by atoms with Crippen molar-refractivity contribution in [2.75, 3.05) is 5.32 Å². The smallest absolute Gasteiger partial charge is 0.214 e. The third-order valence-electron chi connectivity index (χ3n) is 2.33. The lowest BCUT2D eigenvalue weighted by Crippen LogP contribution is -1.99. The van der Waals surface area contributed by atoms with E-state index in [-0.39, 0.29) is 0 Å². The molecule has 86 valence electrons. The second kappa shape index (κ2) is 4.14. The second-order valence-electron chi connectivity index (χ2n) is 3.73. The number of pyridine rings is 1. The Balaban J connectivity index is 1.75. The number of fused-ring (bicyclic) bond motifs is 1. The van der Waals surface area contributed by atoms with Crippen molar-refractivity contribution in [2.24, 2.45) is 0 Å². The van der Waals surface area contributed by atoms with Gasteiger partial charge in [0, 0.05) is 18.9 Å². The van der Waals surface area contributed by atoms with E-state index in [1.165, 1.54) is 0 Å². The number of imidazole rings is 1. The van der Waals surface area contributed by atoms with E-state index in [1.807, 2.05) is 31.5 Å². The van der Waals surface area contributed by atoms with Gasteiger partial charge in [0.1, 0.15) is 0 Å². The first-order valence-electron chi connectivity index (χ1n) is 5.27. The van der Waals surface area contributed by atoms with Crippen molar-refractivity contribution in [1.29, 1.82) is 0 Å². The van der Waals surface area contributed by atoms with Gasteiger partial charge in [-0.1, -0.05) is 17.4 Å². The highest BCUT2D eigenvalue weighted by Crippen LogP contribution is 2.19. The van der Waals surface area contributed by atoms with Crippen LogP contribution < -0.4 is 5.32 Å². The lowest BCUT2D eigenvalue weighted by atomic mass is 10.3. The minimum atomic E-state index is 0.726. The number of hydrogen-bond donors (Lipinski definition) is 1. The van der Waals surface area contributed by atoms with Gasteiger partial charge in [-0.05, 0) is 18.6 Å². The standard InChI is InChI=1S/C11H11N5S/c1-8-7-16-11(14-8)17-10(15-16)13-6-9-3-2-4-12-5-9/h2-5,7H,6H2,1H3,(H,13,15). The topological polar surface area (TPSA) is 55.1 Å². The molecule has 3 rings (SSSR count). The van der Waals surface area contributed by atoms with Crippen LogP contribution >= 0.6 is 11.3 Å². The first-order valence-corrected chi connectivity index (χ1v) is 6.08. The summed E-state index contributed by atoms with van der Waals surface area (Å²) in [7, 11) is 0. The lowest BCUT2D eigenvalue weighted by Gasteiger charge is -2.00. The summed E-state index contributed by atoms with van der Waals surface area (Å²) < 4.78 is 1.80. The highest BCUT2D eigenvalue weighted by Gasteiger charge is 2.05. The molecule has 0 unspecified atom stereocenters. The Hall–Kier alpha value is -1.95. The molecule has 3 aromatic heterocycles. The summed E-state index contributed by atoms with van der Waals surface area (Å²) in [6.07, 6.45) is 5.53. The van der Waals surface area contributed by atoms with Crippen LogP contribution in [-0.4, -0.2) is 19.6 Å². The van der Waals surface area contributed by atoms with Crippen LogP contribution in [0, 0.1) is 6.92 Å². The molecule has 0 spiro atoms. The van der Waals surface area contributed by atoms with Gasteiger partial charge in [0.2, 0.25) is 10.1 Å². The molecular weight excluding hydrogens is 234 g/mol. The fourth-order valence-electron chi connectivity index (χ4n) is 1.56. The summed E-state index contributed by atoms with van der Waals surface area (Å²) in [4.78, 5) is 9.34. The van der Waals surface area contributed by atoms with Crippen LogP contribution in [0.3, 0.4) is 0 Å². The predicted molar refractivity (Wildman–Crippen MR) is 67.2 cm³/mol. The van der Waals surface area contributed by atoms with Gasteiger partial charge in [-0.2, -0.15) is 0 Å². The maximum Gasteiger partial charge on any atom is 0.214 e. The Labute approximate surface area is 102 Å². The summed E-state index contributed by atoms with van der Waals surface area (Å²) >= 11 is 1.55. The molecule has 3 heterocycles. The molecule has 0 aliphatic carbocycles. The summed E-state index contributed by atoms with van der Waals surface area (Å²) in [5, 5.41) is 8.52. The van der Waals surface area contributed by atoms with Crippen LogP contribution in [0.25, 0.3) is 4.96 Å². The Morgan fingerprint density at radius 1 is 1.47 bits per heavy atom. The van der Waals surface area contributed by atoms with Crippen LogP contribution in [0.15, 0.2) is 30.7 Å². The van der Waals surface area contributed by atoms with E-state index >= 15 is 0 Å². The highest BCUT2D eigenvalue weighted by atomic mass is 32.1. The SMILES string of the molecule is Cc1cn2nc(NCc3cccnc3)sc2n1. The van der Waals surface area contributed by atoms with Gasteiger partial charge in [0.05, 0.1) is 11.9 Å². The third-order valence-corrected chi connectivity index (χ3v) is 3.21. The first-order chi connectivity index (χ1) is 8.31. The maximum absolute atomic E-state index is 4.39. The Kier molecular flexibility index (Phi) is 2.49. The molecule has 0 saturated carbocycles. The van der Waals surface area contributed by atoms with Crippen molar-refractivity contribution >= 4 is 21.4 Å². The van der Waals surface area contributed by atoms with Gasteiger partial charge < -0.3 is 5.32 Å². The molecule has 0 saturated heterocycles. The first kappa shape index (κ1) is 10.2. The van der Waals surface area contributed by atoms with Crippen molar-refractivity contribution in [3.8, 4) is 0 Å². The minimum absolute atomic E-state index is 0.726. The van der Waals surface area contributed by atoms with E-state index in [4.69, 9.17) is 0 Å². The van der Waals surface area contributed by atoms with E-state index in [1.54, 1.807) is 22.0 Å². The average Bonchev–Trinajstić information content (AvgIpc) is 2.84. The maximum atomic E-state index is 4.39. The molecule has 0 amide bonds. The van der Waals surface area contributed by atoms with Crippen molar-refractivity contribution in [3.05, 3.63) is 42.0 Å². The fraction of sp³-hybridized carbons (Fsp3) is 0.182. The van der Waals surface area contributed by atoms with Gasteiger partial charge in [-0.25, -0.2) is 9.50 Å². The van der Waals surface area contributed by atoms with Crippen LogP contribution in [0.4, 0.5) is 5.13 Å². The van der Waals surface area contributed by atoms with Crippen molar-refractivity contribution < 1.29 is 0 Å². The molecule has 0 radical (unpaired) electrons. The highest BCUT2D eigenvalue weighted by molar-refractivity contribution is 7.20. The lowest BCUT2D eigenvalue weighted by molar-refractivity contribution is 0.958. The van der Waals surface area contributed by atoms with E-state index in [0.717, 1.165) is 27.9 Å². The summed E-state index contributed by atoms with van der Waals surface area (Å²) in [5.41, 5.74) is 2.12. The molecule has 5 nitrogen and oxygen atoms in total. The van der Waals surface area contributed by atoms with Gasteiger partial charge in [0.15, 0.2) is 0 Å². The quantitative estimate of drug-likeness (QED) is 0.767. The van der Waals surface area contributed by atoms with Crippen molar-refractivity contribution in [1.82, 2.24) is 19.6 Å². The second-order valence-corrected chi connectivity index (χ2v) is 4.69. The van der Waals surface area contributed by atoms with E-state index < -0.39 is 0 Å². The van der Waals surface area contributed by atoms with Crippen LogP contribution in [0.5, 0.6) is 0 Å². The Morgan fingerprint density at radius 2 is 2.41 bits per heavy atom. The third kappa shape index (κ3) is 2.12. The van der Waals surface area contributed by atoms with Gasteiger partial charge >= 0.3 is 0 Å². The molecule has 1 N–H and O–H groups in total. The van der Waals surface area contributed by atoms with Gasteiger partial charge in [0.25, 0.3) is 0 Å². The Morgan fingerprint density at radius 3 is 3.18 bits per heavy atom. The summed E-state index contributed by atoms with van der Waals surface area (Å²) in [6.45, 7) is 2.69. The van der Waals surface area contributed by atoms with Crippen LogP contribution in [0.1, 0.15) is 11.3 Å². The Bertz CT molecular complexity index is 596. The predicted octanol–water partition coefficient (Wildman–Crippen LogP) is 2.11. The van der Waals surface area contributed by atoms with Gasteiger partial charge in [-0.15, -0.1) is 5.10 Å². The average molecular weight is 245 g/mol. The zero-order valence-electron chi connectivity index (χ0n) is 9.29. The fourth-order valence-corrected chi connectivity index (χ4v) is 2.38. The molecule has 3 aromatic rings. The van der Waals surface area contributed by atoms with Crippen molar-refractivity contribution in [2.45, 2.75) is 13.5 Å². The van der Waals surface area contributed by atoms with Gasteiger partial charge in [-0.3, -0.25) is 4.98 Å². The zero-order chi connectivity index (χ0) is 11.7. The number of aryl methyl sites for hydroxylation is 1. The number of aromatic nitrogens is 4. The number of anilines is 1. The molecule has 0 aliphatic rings. The van der Waals surface area contributed by atoms with Crippen LogP contribution in [-0.2, 0) is 6.54 Å². The monoisotopic (exact) mass is 245 g/mol. The number of rotatable bonds is 3. The van der Waals surface area contributed by atoms with E-state index in [9.17, 15) is 0 Å². The van der Waals surface area contributed by atoms with E-state index in [0.29, 0.717) is 0 Å². The largest absolute Gasteiger partial charge is 0.356 e. The van der Waals surface area contributed by atoms with Crippen molar-refractivity contribution in [3.63, 3.8) is 0 Å². The molecule has 0 bridgehead atoms. The molecular formula is C11H11N5S.